The van der Waals surface area contributed by atoms with Crippen molar-refractivity contribution in [2.24, 2.45) is 0 Å². The summed E-state index contributed by atoms with van der Waals surface area (Å²) in [5, 5.41) is 5.16. The van der Waals surface area contributed by atoms with Crippen LogP contribution in [0.15, 0.2) is 24.3 Å². The van der Waals surface area contributed by atoms with Crippen LogP contribution in [0.25, 0.3) is 0 Å². The smallest absolute Gasteiger partial charge is 0.327 e. The van der Waals surface area contributed by atoms with Crippen molar-refractivity contribution in [2.45, 2.75) is 52.2 Å². The second-order valence-corrected chi connectivity index (χ2v) is 6.83. The standard InChI is InChI=1S/C20H25N3O6/c1-5-20(6-2)18(27)23(19(28)22-20)11-16(25)29-13(4)17(26)21-15-10-8-7-9-14(15)12(3)24/h7-10,13H,5-6,11H2,1-4H3,(H,21,26)(H,22,28)/t13-/m1/s1. The summed E-state index contributed by atoms with van der Waals surface area (Å²) in [6.45, 7) is 5.69. The summed E-state index contributed by atoms with van der Waals surface area (Å²) >= 11 is 0. The third-order valence-electron chi connectivity index (χ3n) is 4.98. The predicted molar refractivity (Wildman–Crippen MR) is 104 cm³/mol. The van der Waals surface area contributed by atoms with Gasteiger partial charge in [-0.1, -0.05) is 26.0 Å². The Hall–Kier alpha value is -3.23. The Kier molecular flexibility index (Phi) is 6.73. The van der Waals surface area contributed by atoms with Crippen LogP contribution in [0.1, 0.15) is 50.9 Å². The van der Waals surface area contributed by atoms with Gasteiger partial charge in [0, 0.05) is 5.56 Å². The van der Waals surface area contributed by atoms with Gasteiger partial charge in [0.25, 0.3) is 11.8 Å². The SMILES string of the molecule is CCC1(CC)NC(=O)N(CC(=O)O[C@H](C)C(=O)Nc2ccccc2C(C)=O)C1=O. The molecule has 1 aliphatic rings. The van der Waals surface area contributed by atoms with Crippen LogP contribution in [0.2, 0.25) is 0 Å². The van der Waals surface area contributed by atoms with Crippen LogP contribution in [-0.2, 0) is 19.1 Å². The lowest BCUT2D eigenvalue weighted by Crippen LogP contribution is -2.46. The normalized spacial score (nSPS) is 16.2. The van der Waals surface area contributed by atoms with Gasteiger partial charge >= 0.3 is 12.0 Å². The molecule has 1 atom stereocenters. The molecule has 1 aliphatic heterocycles. The fourth-order valence-corrected chi connectivity index (χ4v) is 3.10. The Balaban J connectivity index is 1.99. The minimum absolute atomic E-state index is 0.223. The van der Waals surface area contributed by atoms with E-state index in [0.29, 0.717) is 24.1 Å². The maximum Gasteiger partial charge on any atom is 0.327 e. The largest absolute Gasteiger partial charge is 0.451 e. The van der Waals surface area contributed by atoms with Gasteiger partial charge in [-0.2, -0.15) is 0 Å². The number of hydrogen-bond acceptors (Lipinski definition) is 6. The molecule has 1 saturated heterocycles. The number of amides is 4. The Morgan fingerprint density at radius 1 is 1.17 bits per heavy atom. The fraction of sp³-hybridized carbons (Fsp3) is 0.450. The van der Waals surface area contributed by atoms with E-state index < -0.39 is 42.0 Å². The van der Waals surface area contributed by atoms with E-state index in [0.717, 1.165) is 4.90 Å². The molecule has 1 fully saturated rings. The lowest BCUT2D eigenvalue weighted by atomic mass is 9.93. The Morgan fingerprint density at radius 2 is 1.79 bits per heavy atom. The van der Waals surface area contributed by atoms with Crippen molar-refractivity contribution in [3.05, 3.63) is 29.8 Å². The summed E-state index contributed by atoms with van der Waals surface area (Å²) in [5.74, 6) is -2.24. The van der Waals surface area contributed by atoms with Gasteiger partial charge in [0.2, 0.25) is 0 Å². The molecule has 0 spiro atoms. The maximum absolute atomic E-state index is 12.5. The number of nitrogens with one attached hydrogen (secondary N) is 2. The van der Waals surface area contributed by atoms with Crippen molar-refractivity contribution in [2.75, 3.05) is 11.9 Å². The quantitative estimate of drug-likeness (QED) is 0.388. The van der Waals surface area contributed by atoms with E-state index in [1.54, 1.807) is 38.1 Å². The molecule has 1 aromatic rings. The molecule has 0 bridgehead atoms. The molecule has 2 rings (SSSR count). The van der Waals surface area contributed by atoms with Crippen molar-refractivity contribution in [3.63, 3.8) is 0 Å². The minimum atomic E-state index is -1.19. The van der Waals surface area contributed by atoms with Gasteiger partial charge in [-0.05, 0) is 38.8 Å². The Morgan fingerprint density at radius 3 is 2.34 bits per heavy atom. The summed E-state index contributed by atoms with van der Waals surface area (Å²) in [6, 6.07) is 5.79. The van der Waals surface area contributed by atoms with E-state index in [9.17, 15) is 24.0 Å². The number of ether oxygens (including phenoxy) is 1. The summed E-state index contributed by atoms with van der Waals surface area (Å²) in [5.41, 5.74) is -0.386. The van der Waals surface area contributed by atoms with Crippen LogP contribution < -0.4 is 10.6 Å². The molecule has 156 valence electrons. The number of Topliss-reactive ketones (excluding diaryl/α,β-unsaturated/α-hetero) is 1. The first-order valence-corrected chi connectivity index (χ1v) is 9.39. The van der Waals surface area contributed by atoms with Crippen LogP contribution in [0.3, 0.4) is 0 Å². The Bertz CT molecular complexity index is 846. The molecule has 9 heteroatoms. The van der Waals surface area contributed by atoms with Crippen LogP contribution in [0, 0.1) is 0 Å². The van der Waals surface area contributed by atoms with Crippen LogP contribution in [0.4, 0.5) is 10.5 Å². The summed E-state index contributed by atoms with van der Waals surface area (Å²) in [7, 11) is 0. The number of benzene rings is 1. The molecule has 1 heterocycles. The molecule has 0 unspecified atom stereocenters. The number of carbonyl (C=O) groups is 5. The highest BCUT2D eigenvalue weighted by Crippen LogP contribution is 2.24. The highest BCUT2D eigenvalue weighted by molar-refractivity contribution is 6.09. The summed E-state index contributed by atoms with van der Waals surface area (Å²) in [6.07, 6.45) is -0.396. The van der Waals surface area contributed by atoms with E-state index in [4.69, 9.17) is 4.74 Å². The van der Waals surface area contributed by atoms with Crippen molar-refractivity contribution in [1.82, 2.24) is 10.2 Å². The van der Waals surface area contributed by atoms with Crippen molar-refractivity contribution in [1.29, 1.82) is 0 Å². The molecule has 2 N–H and O–H groups in total. The van der Waals surface area contributed by atoms with Crippen LogP contribution in [0.5, 0.6) is 0 Å². The number of anilines is 1. The molecule has 0 aromatic heterocycles. The van der Waals surface area contributed by atoms with E-state index >= 15 is 0 Å². The topological polar surface area (TPSA) is 122 Å². The van der Waals surface area contributed by atoms with Gasteiger partial charge in [-0.15, -0.1) is 0 Å². The first kappa shape index (κ1) is 22.1. The summed E-state index contributed by atoms with van der Waals surface area (Å²) in [4.78, 5) is 61.6. The first-order chi connectivity index (χ1) is 13.6. The molecular formula is C20H25N3O6. The van der Waals surface area contributed by atoms with Crippen LogP contribution >= 0.6 is 0 Å². The first-order valence-electron chi connectivity index (χ1n) is 9.39. The van der Waals surface area contributed by atoms with Crippen molar-refractivity contribution >= 4 is 35.3 Å². The molecule has 1 aromatic carbocycles. The van der Waals surface area contributed by atoms with E-state index in [-0.39, 0.29) is 5.78 Å². The van der Waals surface area contributed by atoms with E-state index in [1.807, 2.05) is 0 Å². The minimum Gasteiger partial charge on any atom is -0.451 e. The van der Waals surface area contributed by atoms with E-state index in [1.165, 1.54) is 13.8 Å². The average Bonchev–Trinajstić information content (AvgIpc) is 2.92. The van der Waals surface area contributed by atoms with Gasteiger partial charge in [0.05, 0.1) is 5.69 Å². The molecule has 29 heavy (non-hydrogen) atoms. The number of nitrogens with zero attached hydrogens (tertiary/aromatic N) is 1. The number of imide groups is 1. The predicted octanol–water partition coefficient (Wildman–Crippen LogP) is 1.87. The van der Waals surface area contributed by atoms with E-state index in [2.05, 4.69) is 10.6 Å². The third-order valence-corrected chi connectivity index (χ3v) is 4.98. The molecular weight excluding hydrogens is 378 g/mol. The average molecular weight is 403 g/mol. The van der Waals surface area contributed by atoms with Gasteiger partial charge < -0.3 is 15.4 Å². The zero-order valence-corrected chi connectivity index (χ0v) is 16.9. The number of urea groups is 1. The zero-order chi connectivity index (χ0) is 21.8. The molecule has 0 aliphatic carbocycles. The monoisotopic (exact) mass is 403 g/mol. The second-order valence-electron chi connectivity index (χ2n) is 6.83. The number of carbonyl (C=O) groups excluding carboxylic acids is 5. The highest BCUT2D eigenvalue weighted by atomic mass is 16.5. The number of esters is 1. The van der Waals surface area contributed by atoms with Crippen molar-refractivity contribution < 1.29 is 28.7 Å². The fourth-order valence-electron chi connectivity index (χ4n) is 3.10. The second kappa shape index (κ2) is 8.85. The number of hydrogen-bond donors (Lipinski definition) is 2. The molecule has 0 radical (unpaired) electrons. The van der Waals surface area contributed by atoms with Gasteiger partial charge in [-0.3, -0.25) is 24.1 Å². The van der Waals surface area contributed by atoms with Gasteiger partial charge in [-0.25, -0.2) is 4.79 Å². The van der Waals surface area contributed by atoms with Gasteiger partial charge in [0.1, 0.15) is 12.1 Å². The highest BCUT2D eigenvalue weighted by Gasteiger charge is 2.49. The summed E-state index contributed by atoms with van der Waals surface area (Å²) < 4.78 is 5.07. The maximum atomic E-state index is 12.5. The lowest BCUT2D eigenvalue weighted by molar-refractivity contribution is -0.155. The lowest BCUT2D eigenvalue weighted by Gasteiger charge is -2.23. The Labute approximate surface area is 168 Å². The third kappa shape index (κ3) is 4.61. The van der Waals surface area contributed by atoms with Crippen LogP contribution in [-0.4, -0.2) is 52.7 Å². The van der Waals surface area contributed by atoms with Gasteiger partial charge in [0.15, 0.2) is 11.9 Å². The zero-order valence-electron chi connectivity index (χ0n) is 16.9. The molecule has 0 saturated carbocycles. The van der Waals surface area contributed by atoms with Crippen molar-refractivity contribution in [3.8, 4) is 0 Å². The number of para-hydroxylation sites is 1. The number of ketones is 1. The number of rotatable bonds is 8. The molecule has 4 amide bonds. The molecule has 9 nitrogen and oxygen atoms in total.